The molecular formula is C22H30N4O3. The average molecular weight is 399 g/mol. The molecule has 1 atom stereocenters. The minimum atomic E-state index is -0.428. The molecule has 1 saturated carbocycles. The molecule has 1 aliphatic carbocycles. The number of hydrogen-bond donors (Lipinski definition) is 2. The monoisotopic (exact) mass is 398 g/mol. The van der Waals surface area contributed by atoms with Crippen LogP contribution in [0.4, 0.5) is 16.2 Å². The highest BCUT2D eigenvalue weighted by molar-refractivity contribution is 6.11. The fourth-order valence-electron chi connectivity index (χ4n) is 3.66. The molecule has 0 radical (unpaired) electrons. The van der Waals surface area contributed by atoms with Crippen molar-refractivity contribution in [3.8, 4) is 0 Å². The first kappa shape index (κ1) is 20.9. The van der Waals surface area contributed by atoms with Crippen molar-refractivity contribution in [2.45, 2.75) is 65.6 Å². The Balaban J connectivity index is 2.09. The molecule has 7 heteroatoms. The van der Waals surface area contributed by atoms with Crippen LogP contribution in [-0.4, -0.2) is 42.9 Å². The van der Waals surface area contributed by atoms with Gasteiger partial charge in [0.15, 0.2) is 0 Å². The Morgan fingerprint density at radius 1 is 1.28 bits per heavy atom. The number of aryl methyl sites for hydroxylation is 1. The number of allylic oxidation sites excluding steroid dienone is 1. The lowest BCUT2D eigenvalue weighted by Crippen LogP contribution is -2.51. The smallest absolute Gasteiger partial charge is 0.414 e. The summed E-state index contributed by atoms with van der Waals surface area (Å²) in [6.45, 7) is 9.39. The van der Waals surface area contributed by atoms with Gasteiger partial charge in [-0.05, 0) is 63.8 Å². The van der Waals surface area contributed by atoms with Crippen molar-refractivity contribution in [1.82, 2.24) is 5.32 Å². The number of carbonyl (C=O) groups is 2. The Kier molecular flexibility index (Phi) is 5.96. The first-order chi connectivity index (χ1) is 13.7. The van der Waals surface area contributed by atoms with E-state index in [-0.39, 0.29) is 18.1 Å². The summed E-state index contributed by atoms with van der Waals surface area (Å²) < 4.78 is 5.45. The molecule has 1 fully saturated rings. The van der Waals surface area contributed by atoms with Crippen molar-refractivity contribution in [1.29, 1.82) is 5.41 Å². The maximum absolute atomic E-state index is 12.8. The highest BCUT2D eigenvalue weighted by Crippen LogP contribution is 2.39. The summed E-state index contributed by atoms with van der Waals surface area (Å²) in [6.07, 6.45) is 4.80. The summed E-state index contributed by atoms with van der Waals surface area (Å²) in [7, 11) is 0. The van der Waals surface area contributed by atoms with Crippen molar-refractivity contribution in [3.63, 3.8) is 0 Å². The van der Waals surface area contributed by atoms with Crippen LogP contribution in [0, 0.1) is 12.3 Å². The summed E-state index contributed by atoms with van der Waals surface area (Å²) in [5, 5.41) is 11.2. The summed E-state index contributed by atoms with van der Waals surface area (Å²) in [4.78, 5) is 28.4. The van der Waals surface area contributed by atoms with Gasteiger partial charge in [0.2, 0.25) is 5.91 Å². The van der Waals surface area contributed by atoms with Gasteiger partial charge in [-0.3, -0.25) is 9.69 Å². The number of nitrogens with one attached hydrogen (secondary N) is 2. The van der Waals surface area contributed by atoms with Gasteiger partial charge in [-0.25, -0.2) is 4.79 Å². The van der Waals surface area contributed by atoms with Crippen LogP contribution in [0.5, 0.6) is 0 Å². The Morgan fingerprint density at radius 2 is 1.97 bits per heavy atom. The number of amides is 2. The van der Waals surface area contributed by atoms with Crippen molar-refractivity contribution in [2.24, 2.45) is 0 Å². The molecule has 1 aromatic carbocycles. The lowest BCUT2D eigenvalue weighted by atomic mass is 9.97. The van der Waals surface area contributed by atoms with Crippen LogP contribution in [0.25, 0.3) is 5.57 Å². The summed E-state index contributed by atoms with van der Waals surface area (Å²) in [5.74, 6) is -0.0685. The van der Waals surface area contributed by atoms with Gasteiger partial charge < -0.3 is 20.4 Å². The molecule has 1 unspecified atom stereocenters. The van der Waals surface area contributed by atoms with E-state index in [4.69, 9.17) is 10.1 Å². The van der Waals surface area contributed by atoms with Crippen molar-refractivity contribution < 1.29 is 14.3 Å². The highest BCUT2D eigenvalue weighted by atomic mass is 16.6. The number of rotatable bonds is 5. The number of benzene rings is 1. The predicted octanol–water partition coefficient (Wildman–Crippen LogP) is 3.84. The van der Waals surface area contributed by atoms with Gasteiger partial charge in [0, 0.05) is 37.5 Å². The third kappa shape index (κ3) is 4.44. The molecule has 0 saturated heterocycles. The summed E-state index contributed by atoms with van der Waals surface area (Å²) in [6, 6.07) is 4.12. The topological polar surface area (TPSA) is 85.7 Å². The number of anilines is 2. The molecule has 3 rings (SSSR count). The number of carbonyl (C=O) groups excluding carboxylic acids is 2. The molecule has 0 bridgehead atoms. The van der Waals surface area contributed by atoms with Gasteiger partial charge in [0.1, 0.15) is 0 Å². The Bertz CT molecular complexity index is 858. The van der Waals surface area contributed by atoms with Crippen LogP contribution in [0.15, 0.2) is 18.3 Å². The van der Waals surface area contributed by atoms with E-state index in [0.717, 1.165) is 29.5 Å². The molecule has 2 aliphatic rings. The van der Waals surface area contributed by atoms with Crippen LogP contribution in [0.1, 0.15) is 51.7 Å². The van der Waals surface area contributed by atoms with Gasteiger partial charge in [0.05, 0.1) is 23.5 Å². The second kappa shape index (κ2) is 8.27. The van der Waals surface area contributed by atoms with E-state index in [1.807, 2.05) is 46.0 Å². The van der Waals surface area contributed by atoms with Crippen LogP contribution in [0.2, 0.25) is 0 Å². The van der Waals surface area contributed by atoms with Crippen LogP contribution in [-0.2, 0) is 9.53 Å². The third-order valence-corrected chi connectivity index (χ3v) is 5.17. The van der Waals surface area contributed by atoms with Gasteiger partial charge >= 0.3 is 6.09 Å². The first-order valence-electron chi connectivity index (χ1n) is 10.1. The van der Waals surface area contributed by atoms with E-state index in [9.17, 15) is 9.59 Å². The maximum atomic E-state index is 12.8. The average Bonchev–Trinajstić information content (AvgIpc) is 3.45. The summed E-state index contributed by atoms with van der Waals surface area (Å²) >= 11 is 0. The second-order valence-corrected chi connectivity index (χ2v) is 8.12. The maximum Gasteiger partial charge on any atom is 0.414 e. The van der Waals surface area contributed by atoms with Crippen LogP contribution < -0.4 is 15.1 Å². The standard InChI is InChI=1S/C22H30N4O3/c1-13(2)29-22(28)25-12-15(4)26(16(5)27)21-8-14(3)19(9-20(21)25)17(10-23)11-24-18-6-7-18/h8-11,13,15,18,23-24H,6-7,12H2,1-5H3/b17-11+,23-10?. The van der Waals surface area contributed by atoms with Gasteiger partial charge in [0.25, 0.3) is 0 Å². The molecule has 2 N–H and O–H groups in total. The molecule has 156 valence electrons. The van der Waals surface area contributed by atoms with Crippen LogP contribution >= 0.6 is 0 Å². The fraction of sp³-hybridized carbons (Fsp3) is 0.500. The molecule has 29 heavy (non-hydrogen) atoms. The zero-order valence-corrected chi connectivity index (χ0v) is 17.8. The molecule has 1 heterocycles. The largest absolute Gasteiger partial charge is 0.446 e. The SMILES string of the molecule is CC(=O)N1c2cc(C)c(/C(C=N)=C/NC3CC3)cc2N(C(=O)OC(C)C)CC1C. The minimum absolute atomic E-state index is 0.0685. The fourth-order valence-corrected chi connectivity index (χ4v) is 3.66. The Morgan fingerprint density at radius 3 is 2.52 bits per heavy atom. The van der Waals surface area contributed by atoms with E-state index in [1.165, 1.54) is 13.1 Å². The molecule has 0 spiro atoms. The van der Waals surface area contributed by atoms with E-state index >= 15 is 0 Å². The first-order valence-corrected chi connectivity index (χ1v) is 10.1. The van der Waals surface area contributed by atoms with Crippen molar-refractivity contribution in [2.75, 3.05) is 16.3 Å². The number of ether oxygens (including phenoxy) is 1. The third-order valence-electron chi connectivity index (χ3n) is 5.17. The van der Waals surface area contributed by atoms with E-state index in [1.54, 1.807) is 9.80 Å². The van der Waals surface area contributed by atoms with Crippen molar-refractivity contribution >= 4 is 35.2 Å². The normalized spacial score (nSPS) is 19.1. The second-order valence-electron chi connectivity index (χ2n) is 8.12. The zero-order chi connectivity index (χ0) is 21.3. The number of hydrogen-bond acceptors (Lipinski definition) is 5. The summed E-state index contributed by atoms with van der Waals surface area (Å²) in [5.41, 5.74) is 3.85. The zero-order valence-electron chi connectivity index (χ0n) is 17.8. The Hall–Kier alpha value is -2.83. The minimum Gasteiger partial charge on any atom is -0.446 e. The van der Waals surface area contributed by atoms with E-state index in [0.29, 0.717) is 24.0 Å². The lowest BCUT2D eigenvalue weighted by Gasteiger charge is -2.41. The number of nitrogens with zero attached hydrogens (tertiary/aromatic N) is 2. The van der Waals surface area contributed by atoms with Crippen molar-refractivity contribution in [3.05, 3.63) is 29.5 Å². The van der Waals surface area contributed by atoms with Gasteiger partial charge in [-0.2, -0.15) is 0 Å². The molecule has 1 aromatic rings. The van der Waals surface area contributed by atoms with E-state index in [2.05, 4.69) is 5.32 Å². The van der Waals surface area contributed by atoms with E-state index < -0.39 is 6.09 Å². The molecule has 7 nitrogen and oxygen atoms in total. The van der Waals surface area contributed by atoms with Gasteiger partial charge in [-0.15, -0.1) is 0 Å². The molecule has 1 aliphatic heterocycles. The number of fused-ring (bicyclic) bond motifs is 1. The van der Waals surface area contributed by atoms with Gasteiger partial charge in [-0.1, -0.05) is 0 Å². The quantitative estimate of drug-likeness (QED) is 0.738. The van der Waals surface area contributed by atoms with Crippen LogP contribution in [0.3, 0.4) is 0 Å². The lowest BCUT2D eigenvalue weighted by molar-refractivity contribution is -0.117. The molecular weight excluding hydrogens is 368 g/mol. The molecule has 0 aromatic heterocycles. The molecule has 2 amide bonds. The Labute approximate surface area is 172 Å². The highest BCUT2D eigenvalue weighted by Gasteiger charge is 2.35. The predicted molar refractivity (Wildman–Crippen MR) is 116 cm³/mol.